The lowest BCUT2D eigenvalue weighted by Gasteiger charge is -2.41. The Kier molecular flexibility index (Phi) is 4.76. The van der Waals surface area contributed by atoms with Crippen molar-refractivity contribution in [2.45, 2.75) is 18.4 Å². The van der Waals surface area contributed by atoms with Gasteiger partial charge in [0, 0.05) is 54.1 Å². The Morgan fingerprint density at radius 2 is 1.83 bits per heavy atom. The highest BCUT2D eigenvalue weighted by Crippen LogP contribution is 2.38. The monoisotopic (exact) mass is 344 g/mol. The van der Waals surface area contributed by atoms with Gasteiger partial charge < -0.3 is 16.0 Å². The first-order chi connectivity index (χ1) is 11.6. The van der Waals surface area contributed by atoms with Gasteiger partial charge in [0.05, 0.1) is 0 Å². The number of nitrogen functional groups attached to an aromatic ring is 1. The van der Waals surface area contributed by atoms with Crippen LogP contribution in [0.5, 0.6) is 0 Å². The van der Waals surface area contributed by atoms with Gasteiger partial charge in [-0.25, -0.2) is 5.90 Å². The molecule has 6 heteroatoms. The van der Waals surface area contributed by atoms with Crippen LogP contribution in [0.1, 0.15) is 24.0 Å². The van der Waals surface area contributed by atoms with E-state index in [1.54, 1.807) is 6.07 Å². The van der Waals surface area contributed by atoms with E-state index in [1.807, 2.05) is 36.4 Å². The largest absolute Gasteiger partial charge is 0.398 e. The maximum atomic E-state index is 7.64. The summed E-state index contributed by atoms with van der Waals surface area (Å²) in [4.78, 5) is 7.61. The second-order valence-corrected chi connectivity index (χ2v) is 6.47. The minimum atomic E-state index is -0.479. The third-order valence-corrected chi connectivity index (χ3v) is 4.95. The van der Waals surface area contributed by atoms with Crippen LogP contribution in [0, 0.1) is 5.41 Å². The van der Waals surface area contributed by atoms with Crippen molar-refractivity contribution in [2.75, 3.05) is 23.7 Å². The molecule has 1 saturated heterocycles. The van der Waals surface area contributed by atoms with E-state index in [0.717, 1.165) is 37.2 Å². The molecule has 5 nitrogen and oxygen atoms in total. The van der Waals surface area contributed by atoms with Crippen LogP contribution >= 0.6 is 11.6 Å². The predicted octanol–water partition coefficient (Wildman–Crippen LogP) is 3.31. The Balaban J connectivity index is 1.86. The van der Waals surface area contributed by atoms with Gasteiger partial charge in [0.2, 0.25) is 0 Å². The minimum Gasteiger partial charge on any atom is -0.398 e. The lowest BCUT2D eigenvalue weighted by Crippen LogP contribution is -2.46. The molecule has 2 aromatic rings. The van der Waals surface area contributed by atoms with Crippen LogP contribution in [0.15, 0.2) is 42.5 Å². The Bertz CT molecular complexity index is 727. The van der Waals surface area contributed by atoms with Crippen LogP contribution in [0.4, 0.5) is 11.4 Å². The Hall–Kier alpha value is -2.08. The van der Waals surface area contributed by atoms with Crippen LogP contribution in [0.25, 0.3) is 0 Å². The molecule has 0 amide bonds. The lowest BCUT2D eigenvalue weighted by molar-refractivity contribution is -0.0703. The molecule has 1 heterocycles. The van der Waals surface area contributed by atoms with E-state index in [9.17, 15) is 0 Å². The zero-order valence-corrected chi connectivity index (χ0v) is 14.1. The highest BCUT2D eigenvalue weighted by Gasteiger charge is 2.37. The average molecular weight is 345 g/mol. The van der Waals surface area contributed by atoms with Crippen molar-refractivity contribution in [2.24, 2.45) is 5.90 Å². The third kappa shape index (κ3) is 2.98. The van der Waals surface area contributed by atoms with Crippen LogP contribution in [-0.4, -0.2) is 19.3 Å². The van der Waals surface area contributed by atoms with E-state index in [-0.39, 0.29) is 0 Å². The summed E-state index contributed by atoms with van der Waals surface area (Å²) in [6.07, 6.45) is 2.77. The fraction of sp³-hybridized carbons (Fsp3) is 0.278. The van der Waals surface area contributed by atoms with Gasteiger partial charge in [-0.3, -0.25) is 4.84 Å². The summed E-state index contributed by atoms with van der Waals surface area (Å²) in [6.45, 7) is 1.49. The number of nitrogens with two attached hydrogens (primary N) is 2. The van der Waals surface area contributed by atoms with Crippen LogP contribution in [-0.2, 0) is 10.4 Å². The second-order valence-electron chi connectivity index (χ2n) is 6.04. The highest BCUT2D eigenvalue weighted by molar-refractivity contribution is 6.31. The Morgan fingerprint density at radius 3 is 2.42 bits per heavy atom. The molecular formula is C18H21ClN4O. The van der Waals surface area contributed by atoms with Crippen LogP contribution in [0.2, 0.25) is 5.02 Å². The smallest absolute Gasteiger partial charge is 0.118 e. The SMILES string of the molecule is N=Cc1c(N)cc(Cl)cc1N1CCC(ON)(c2ccccc2)CC1. The first-order valence-electron chi connectivity index (χ1n) is 7.87. The summed E-state index contributed by atoms with van der Waals surface area (Å²) in [6, 6.07) is 13.6. The summed E-state index contributed by atoms with van der Waals surface area (Å²) in [5, 5.41) is 8.22. The molecule has 1 aliphatic heterocycles. The van der Waals surface area contributed by atoms with E-state index >= 15 is 0 Å². The molecule has 0 atom stereocenters. The molecule has 0 unspecified atom stereocenters. The third-order valence-electron chi connectivity index (χ3n) is 4.74. The van der Waals surface area contributed by atoms with Gasteiger partial charge in [-0.15, -0.1) is 0 Å². The van der Waals surface area contributed by atoms with Crippen molar-refractivity contribution in [3.63, 3.8) is 0 Å². The molecule has 0 saturated carbocycles. The fourth-order valence-electron chi connectivity index (χ4n) is 3.37. The van der Waals surface area contributed by atoms with E-state index in [0.29, 0.717) is 16.3 Å². The Labute approximate surface area is 146 Å². The molecule has 126 valence electrons. The summed E-state index contributed by atoms with van der Waals surface area (Å²) in [5.74, 6) is 5.66. The van der Waals surface area contributed by atoms with Gasteiger partial charge in [-0.2, -0.15) is 0 Å². The topological polar surface area (TPSA) is 88.4 Å². The molecule has 0 spiro atoms. The molecule has 1 aliphatic rings. The van der Waals surface area contributed by atoms with Crippen molar-refractivity contribution in [3.05, 3.63) is 58.6 Å². The van der Waals surface area contributed by atoms with Crippen molar-refractivity contribution in [1.29, 1.82) is 5.41 Å². The molecule has 0 aliphatic carbocycles. The van der Waals surface area contributed by atoms with Crippen molar-refractivity contribution < 1.29 is 4.84 Å². The Morgan fingerprint density at radius 1 is 1.17 bits per heavy atom. The molecule has 24 heavy (non-hydrogen) atoms. The predicted molar refractivity (Wildman–Crippen MR) is 98.6 cm³/mol. The lowest BCUT2D eigenvalue weighted by atomic mass is 9.84. The molecule has 1 fully saturated rings. The van der Waals surface area contributed by atoms with E-state index in [4.69, 9.17) is 33.5 Å². The number of nitrogens with zero attached hydrogens (tertiary/aromatic N) is 1. The number of anilines is 2. The number of halogens is 1. The van der Waals surface area contributed by atoms with E-state index in [1.165, 1.54) is 6.21 Å². The van der Waals surface area contributed by atoms with Gasteiger partial charge >= 0.3 is 0 Å². The first kappa shape index (κ1) is 16.8. The number of nitrogens with one attached hydrogen (secondary N) is 1. The summed E-state index contributed by atoms with van der Waals surface area (Å²) in [5.41, 5.74) is 8.71. The van der Waals surface area contributed by atoms with Gasteiger partial charge in [-0.1, -0.05) is 41.9 Å². The average Bonchev–Trinajstić information content (AvgIpc) is 2.62. The number of piperidine rings is 1. The zero-order valence-electron chi connectivity index (χ0n) is 13.3. The fourth-order valence-corrected chi connectivity index (χ4v) is 3.59. The molecule has 2 aromatic carbocycles. The summed E-state index contributed by atoms with van der Waals surface area (Å²) in [7, 11) is 0. The quantitative estimate of drug-likeness (QED) is 0.451. The molecule has 5 N–H and O–H groups in total. The molecule has 0 radical (unpaired) electrons. The summed E-state index contributed by atoms with van der Waals surface area (Å²) >= 11 is 6.15. The first-order valence-corrected chi connectivity index (χ1v) is 8.25. The van der Waals surface area contributed by atoms with Gasteiger partial charge in [0.25, 0.3) is 0 Å². The molecule has 0 aromatic heterocycles. The van der Waals surface area contributed by atoms with Gasteiger partial charge in [-0.05, 0) is 17.7 Å². The van der Waals surface area contributed by atoms with Crippen LogP contribution < -0.4 is 16.5 Å². The highest BCUT2D eigenvalue weighted by atomic mass is 35.5. The van der Waals surface area contributed by atoms with Crippen molar-refractivity contribution in [1.82, 2.24) is 0 Å². The normalized spacial score (nSPS) is 16.8. The number of hydrogen-bond donors (Lipinski definition) is 3. The van der Waals surface area contributed by atoms with E-state index in [2.05, 4.69) is 4.90 Å². The molecular weight excluding hydrogens is 324 g/mol. The summed E-state index contributed by atoms with van der Waals surface area (Å²) < 4.78 is 0. The number of rotatable bonds is 4. The maximum Gasteiger partial charge on any atom is 0.118 e. The van der Waals surface area contributed by atoms with Gasteiger partial charge in [0.15, 0.2) is 0 Å². The number of benzene rings is 2. The minimum absolute atomic E-state index is 0.479. The van der Waals surface area contributed by atoms with Gasteiger partial charge in [0.1, 0.15) is 5.60 Å². The number of hydrogen-bond acceptors (Lipinski definition) is 5. The second kappa shape index (κ2) is 6.81. The maximum absolute atomic E-state index is 7.64. The molecule has 3 rings (SSSR count). The van der Waals surface area contributed by atoms with Crippen molar-refractivity contribution >= 4 is 29.2 Å². The standard InChI is InChI=1S/C18H21ClN4O/c19-14-10-16(21)15(12-20)17(11-14)23-8-6-18(24-22,7-9-23)13-4-2-1-3-5-13/h1-5,10-12,20H,6-9,21-22H2. The zero-order chi connectivity index (χ0) is 17.2. The van der Waals surface area contributed by atoms with Crippen LogP contribution in [0.3, 0.4) is 0 Å². The van der Waals surface area contributed by atoms with Crippen molar-refractivity contribution in [3.8, 4) is 0 Å². The van der Waals surface area contributed by atoms with E-state index < -0.39 is 5.60 Å². The molecule has 0 bridgehead atoms.